The van der Waals surface area contributed by atoms with Crippen LogP contribution < -0.4 is 10.5 Å². The molecule has 0 atom stereocenters. The zero-order chi connectivity index (χ0) is 22.5. The van der Waals surface area contributed by atoms with Crippen LogP contribution in [0.25, 0.3) is 22.6 Å². The lowest BCUT2D eigenvalue weighted by Gasteiger charge is -2.09. The number of nitrogens with zero attached hydrogens (tertiary/aromatic N) is 4. The van der Waals surface area contributed by atoms with Crippen LogP contribution in [-0.4, -0.2) is 32.0 Å². The smallest absolute Gasteiger partial charge is 0.269 e. The van der Waals surface area contributed by atoms with Gasteiger partial charge in [0, 0.05) is 17.0 Å². The molecule has 2 heterocycles. The van der Waals surface area contributed by atoms with Gasteiger partial charge in [-0.1, -0.05) is 43.3 Å². The number of carbonyl (C=O) groups excluding carboxylic acids is 1. The lowest BCUT2D eigenvalue weighted by molar-refractivity contribution is 0.0997. The molecule has 0 radical (unpaired) electrons. The van der Waals surface area contributed by atoms with Crippen molar-refractivity contribution in [2.45, 2.75) is 43.3 Å². The van der Waals surface area contributed by atoms with Gasteiger partial charge in [-0.2, -0.15) is 0 Å². The van der Waals surface area contributed by atoms with Gasteiger partial charge in [-0.05, 0) is 49.7 Å². The van der Waals surface area contributed by atoms with Crippen LogP contribution in [0.5, 0.6) is 5.75 Å². The molecule has 2 aromatic carbocycles. The summed E-state index contributed by atoms with van der Waals surface area (Å²) >= 11 is 1.54. The number of fused-ring (bicyclic) bond motifs is 1. The Morgan fingerprint density at radius 2 is 1.78 bits per heavy atom. The molecular weight excluding hydrogens is 422 g/mol. The largest absolute Gasteiger partial charge is 0.494 e. The summed E-state index contributed by atoms with van der Waals surface area (Å²) in [5.41, 5.74) is 7.65. The lowest BCUT2D eigenvalue weighted by atomic mass is 10.2. The number of benzene rings is 2. The van der Waals surface area contributed by atoms with Crippen molar-refractivity contribution in [2.75, 3.05) is 6.61 Å². The van der Waals surface area contributed by atoms with Gasteiger partial charge < -0.3 is 15.0 Å². The van der Waals surface area contributed by atoms with E-state index in [1.807, 2.05) is 61.5 Å². The Kier molecular flexibility index (Phi) is 6.70. The fourth-order valence-corrected chi connectivity index (χ4v) is 4.27. The molecule has 0 aliphatic rings. The van der Waals surface area contributed by atoms with Gasteiger partial charge in [0.05, 0.1) is 6.61 Å². The molecule has 4 aromatic rings. The first kappa shape index (κ1) is 21.8. The highest BCUT2D eigenvalue weighted by atomic mass is 32.2. The maximum Gasteiger partial charge on any atom is 0.269 e. The normalized spacial score (nSPS) is 11.1. The van der Waals surface area contributed by atoms with E-state index in [0.29, 0.717) is 23.6 Å². The number of hydrogen-bond donors (Lipinski definition) is 1. The first-order valence-electron chi connectivity index (χ1n) is 10.6. The first-order chi connectivity index (χ1) is 15.6. The van der Waals surface area contributed by atoms with Gasteiger partial charge in [-0.15, -0.1) is 0 Å². The number of carbonyl (C=O) groups is 1. The summed E-state index contributed by atoms with van der Waals surface area (Å²) in [5.74, 6) is 0.575. The number of imidazole rings is 1. The fourth-order valence-electron chi connectivity index (χ4n) is 3.34. The molecule has 0 unspecified atom stereocenters. The minimum atomic E-state index is -0.624. The van der Waals surface area contributed by atoms with Crippen LogP contribution in [0.15, 0.2) is 64.6 Å². The number of rotatable bonds is 9. The van der Waals surface area contributed by atoms with Crippen LogP contribution in [0, 0.1) is 0 Å². The number of primary amides is 1. The van der Waals surface area contributed by atoms with Gasteiger partial charge >= 0.3 is 0 Å². The van der Waals surface area contributed by atoms with E-state index in [4.69, 9.17) is 20.4 Å². The van der Waals surface area contributed by atoms with Crippen LogP contribution in [0.1, 0.15) is 37.2 Å². The molecule has 0 fully saturated rings. The Labute approximate surface area is 191 Å². The van der Waals surface area contributed by atoms with Crippen LogP contribution in [0.4, 0.5) is 0 Å². The first-order valence-corrected chi connectivity index (χ1v) is 11.5. The second kappa shape index (κ2) is 9.82. The van der Waals surface area contributed by atoms with Crippen LogP contribution in [0.3, 0.4) is 0 Å². The molecule has 4 rings (SSSR count). The quantitative estimate of drug-likeness (QED) is 0.390. The van der Waals surface area contributed by atoms with E-state index >= 15 is 0 Å². The average molecular weight is 448 g/mol. The van der Waals surface area contributed by atoms with Gasteiger partial charge in [-0.25, -0.2) is 15.0 Å². The number of hydrogen-bond acceptors (Lipinski definition) is 6. The zero-order valence-corrected chi connectivity index (χ0v) is 18.9. The second-order valence-corrected chi connectivity index (χ2v) is 8.25. The second-order valence-electron chi connectivity index (χ2n) is 7.20. The Balaban J connectivity index is 1.86. The van der Waals surface area contributed by atoms with E-state index in [1.54, 1.807) is 0 Å². The third-order valence-corrected chi connectivity index (χ3v) is 5.91. The SMILES string of the molecule is CCCCn1c(Sc2ccccc2)nc2c(C(N)=O)nc(-c3ccc(OCC)cc3)nc21. The zero-order valence-electron chi connectivity index (χ0n) is 18.1. The number of nitrogens with two attached hydrogens (primary N) is 1. The third kappa shape index (κ3) is 4.60. The molecule has 32 heavy (non-hydrogen) atoms. The Morgan fingerprint density at radius 1 is 1.03 bits per heavy atom. The highest BCUT2D eigenvalue weighted by Gasteiger charge is 2.21. The van der Waals surface area contributed by atoms with Gasteiger partial charge in [0.15, 0.2) is 22.3 Å². The van der Waals surface area contributed by atoms with E-state index < -0.39 is 5.91 Å². The summed E-state index contributed by atoms with van der Waals surface area (Å²) in [4.78, 5) is 27.4. The number of amides is 1. The van der Waals surface area contributed by atoms with Crippen molar-refractivity contribution in [3.8, 4) is 17.1 Å². The minimum absolute atomic E-state index is 0.129. The molecule has 1 amide bonds. The molecule has 0 spiro atoms. The number of unbranched alkanes of at least 4 members (excludes halogenated alkanes) is 1. The minimum Gasteiger partial charge on any atom is -0.494 e. The molecule has 0 aliphatic carbocycles. The van der Waals surface area contributed by atoms with Crippen LogP contribution >= 0.6 is 11.8 Å². The Hall–Kier alpha value is -3.39. The molecule has 2 N–H and O–H groups in total. The van der Waals surface area contributed by atoms with Crippen molar-refractivity contribution >= 4 is 28.8 Å². The van der Waals surface area contributed by atoms with Gasteiger partial charge in [0.2, 0.25) is 0 Å². The van der Waals surface area contributed by atoms with Gasteiger partial charge in [-0.3, -0.25) is 4.79 Å². The van der Waals surface area contributed by atoms with Crippen LogP contribution in [-0.2, 0) is 6.54 Å². The number of aryl methyl sites for hydroxylation is 1. The Bertz CT molecular complexity index is 1220. The molecule has 2 aromatic heterocycles. The fraction of sp³-hybridized carbons (Fsp3) is 0.250. The molecule has 0 aliphatic heterocycles. The summed E-state index contributed by atoms with van der Waals surface area (Å²) in [7, 11) is 0. The van der Waals surface area contributed by atoms with E-state index in [0.717, 1.165) is 40.8 Å². The predicted molar refractivity (Wildman–Crippen MR) is 126 cm³/mol. The van der Waals surface area contributed by atoms with E-state index in [2.05, 4.69) is 16.5 Å². The highest BCUT2D eigenvalue weighted by molar-refractivity contribution is 7.99. The van der Waals surface area contributed by atoms with E-state index in [-0.39, 0.29) is 5.69 Å². The lowest BCUT2D eigenvalue weighted by Crippen LogP contribution is -2.15. The molecule has 0 saturated carbocycles. The van der Waals surface area contributed by atoms with E-state index in [1.165, 1.54) is 11.8 Å². The van der Waals surface area contributed by atoms with E-state index in [9.17, 15) is 4.79 Å². The van der Waals surface area contributed by atoms with Crippen molar-refractivity contribution in [2.24, 2.45) is 5.73 Å². The molecular formula is C24H25N5O2S. The summed E-state index contributed by atoms with van der Waals surface area (Å²) in [6.45, 7) is 5.40. The molecule has 8 heteroatoms. The Morgan fingerprint density at radius 3 is 2.44 bits per heavy atom. The standard InChI is InChI=1S/C24H25N5O2S/c1-3-5-15-29-23-20(27-24(29)32-18-9-7-6-8-10-18)19(21(25)30)26-22(28-23)16-11-13-17(14-12-16)31-4-2/h6-14H,3-5,15H2,1-2H3,(H2,25,30). The number of aromatic nitrogens is 4. The third-order valence-electron chi connectivity index (χ3n) is 4.90. The summed E-state index contributed by atoms with van der Waals surface area (Å²) in [6.07, 6.45) is 1.98. The molecule has 7 nitrogen and oxygen atoms in total. The van der Waals surface area contributed by atoms with Crippen molar-refractivity contribution in [1.29, 1.82) is 0 Å². The van der Waals surface area contributed by atoms with Crippen molar-refractivity contribution in [3.63, 3.8) is 0 Å². The van der Waals surface area contributed by atoms with Crippen molar-refractivity contribution in [3.05, 3.63) is 60.3 Å². The predicted octanol–water partition coefficient (Wildman–Crippen LogP) is 4.94. The summed E-state index contributed by atoms with van der Waals surface area (Å²) in [6, 6.07) is 17.5. The maximum absolute atomic E-state index is 12.3. The molecule has 164 valence electrons. The molecule has 0 saturated heterocycles. The topological polar surface area (TPSA) is 95.9 Å². The number of ether oxygens (including phenoxy) is 1. The summed E-state index contributed by atoms with van der Waals surface area (Å²) < 4.78 is 7.58. The van der Waals surface area contributed by atoms with Crippen LogP contribution in [0.2, 0.25) is 0 Å². The van der Waals surface area contributed by atoms with Crippen molar-refractivity contribution in [1.82, 2.24) is 19.5 Å². The van der Waals surface area contributed by atoms with Gasteiger partial charge in [0.25, 0.3) is 5.91 Å². The maximum atomic E-state index is 12.3. The molecule has 0 bridgehead atoms. The average Bonchev–Trinajstić information content (AvgIpc) is 3.15. The summed E-state index contributed by atoms with van der Waals surface area (Å²) in [5, 5.41) is 0.764. The monoisotopic (exact) mass is 447 g/mol. The van der Waals surface area contributed by atoms with Crippen molar-refractivity contribution < 1.29 is 9.53 Å². The highest BCUT2D eigenvalue weighted by Crippen LogP contribution is 2.32. The van der Waals surface area contributed by atoms with Gasteiger partial charge in [0.1, 0.15) is 11.3 Å².